The highest BCUT2D eigenvalue weighted by atomic mass is 79.9. The molecular weight excluding hydrogens is 244 g/mol. The first-order valence-corrected chi connectivity index (χ1v) is 4.99. The molecule has 0 spiro atoms. The lowest BCUT2D eigenvalue weighted by Crippen LogP contribution is -1.94. The quantitative estimate of drug-likeness (QED) is 0.890. The standard InChI is InChI=1S/C10H9BrN2O/c11-9-5-12-13(6-9)10-3-1-8(7-14)2-4-10/h1-6,14H,7H2. The van der Waals surface area contributed by atoms with Gasteiger partial charge in [0.1, 0.15) is 0 Å². The van der Waals surface area contributed by atoms with Crippen LogP contribution < -0.4 is 0 Å². The zero-order valence-electron chi connectivity index (χ0n) is 7.39. The molecule has 4 heteroatoms. The van der Waals surface area contributed by atoms with E-state index in [1.807, 2.05) is 30.5 Å². The summed E-state index contributed by atoms with van der Waals surface area (Å²) in [4.78, 5) is 0. The zero-order valence-corrected chi connectivity index (χ0v) is 8.98. The van der Waals surface area contributed by atoms with Crippen LogP contribution in [0.3, 0.4) is 0 Å². The Hall–Kier alpha value is -1.13. The van der Waals surface area contributed by atoms with Crippen molar-refractivity contribution in [3.8, 4) is 5.69 Å². The van der Waals surface area contributed by atoms with Crippen LogP contribution in [-0.2, 0) is 6.61 Å². The summed E-state index contributed by atoms with van der Waals surface area (Å²) in [5.74, 6) is 0. The summed E-state index contributed by atoms with van der Waals surface area (Å²) in [5, 5.41) is 13.0. The molecule has 1 N–H and O–H groups in total. The smallest absolute Gasteiger partial charge is 0.0681 e. The van der Waals surface area contributed by atoms with Crippen molar-refractivity contribution in [2.24, 2.45) is 0 Å². The number of aliphatic hydroxyl groups is 1. The largest absolute Gasteiger partial charge is 0.392 e. The first-order chi connectivity index (χ1) is 6.79. The number of aromatic nitrogens is 2. The fraction of sp³-hybridized carbons (Fsp3) is 0.100. The minimum Gasteiger partial charge on any atom is -0.392 e. The summed E-state index contributed by atoms with van der Waals surface area (Å²) < 4.78 is 2.72. The number of nitrogens with zero attached hydrogens (tertiary/aromatic N) is 2. The summed E-state index contributed by atoms with van der Waals surface area (Å²) in [6, 6.07) is 7.60. The van der Waals surface area contributed by atoms with Crippen LogP contribution in [0.15, 0.2) is 41.1 Å². The normalized spacial score (nSPS) is 10.4. The predicted molar refractivity (Wildman–Crippen MR) is 57.2 cm³/mol. The second-order valence-electron chi connectivity index (χ2n) is 2.93. The predicted octanol–water partition coefficient (Wildman–Crippen LogP) is 2.13. The van der Waals surface area contributed by atoms with Crippen molar-refractivity contribution in [3.05, 3.63) is 46.7 Å². The van der Waals surface area contributed by atoms with Crippen LogP contribution in [0.1, 0.15) is 5.56 Å². The van der Waals surface area contributed by atoms with E-state index in [9.17, 15) is 0 Å². The molecule has 0 aliphatic carbocycles. The van der Waals surface area contributed by atoms with Gasteiger partial charge in [-0.25, -0.2) is 4.68 Å². The van der Waals surface area contributed by atoms with Gasteiger partial charge in [-0.2, -0.15) is 5.10 Å². The third-order valence-corrected chi connectivity index (χ3v) is 2.34. The maximum Gasteiger partial charge on any atom is 0.0681 e. The van der Waals surface area contributed by atoms with Crippen LogP contribution in [0.5, 0.6) is 0 Å². The fourth-order valence-corrected chi connectivity index (χ4v) is 1.48. The van der Waals surface area contributed by atoms with Crippen molar-refractivity contribution < 1.29 is 5.11 Å². The van der Waals surface area contributed by atoms with Gasteiger partial charge in [0, 0.05) is 6.20 Å². The molecule has 2 aromatic rings. The SMILES string of the molecule is OCc1ccc(-n2cc(Br)cn2)cc1. The number of aliphatic hydroxyl groups excluding tert-OH is 1. The Morgan fingerprint density at radius 1 is 1.29 bits per heavy atom. The molecule has 0 bridgehead atoms. The summed E-state index contributed by atoms with van der Waals surface area (Å²) in [5.41, 5.74) is 1.88. The van der Waals surface area contributed by atoms with E-state index in [1.165, 1.54) is 0 Å². The van der Waals surface area contributed by atoms with Gasteiger partial charge in [-0.1, -0.05) is 12.1 Å². The van der Waals surface area contributed by atoms with Crippen LogP contribution in [0, 0.1) is 0 Å². The van der Waals surface area contributed by atoms with Gasteiger partial charge in [0.2, 0.25) is 0 Å². The number of benzene rings is 1. The first kappa shape index (κ1) is 9.43. The van der Waals surface area contributed by atoms with E-state index in [2.05, 4.69) is 21.0 Å². The number of rotatable bonds is 2. The second kappa shape index (κ2) is 3.94. The highest BCUT2D eigenvalue weighted by Gasteiger charge is 1.98. The molecule has 0 saturated heterocycles. The van der Waals surface area contributed by atoms with E-state index in [0.29, 0.717) is 0 Å². The second-order valence-corrected chi connectivity index (χ2v) is 3.84. The van der Waals surface area contributed by atoms with Gasteiger partial charge in [-0.05, 0) is 33.6 Å². The Morgan fingerprint density at radius 3 is 2.50 bits per heavy atom. The van der Waals surface area contributed by atoms with Crippen LogP contribution in [0.4, 0.5) is 0 Å². The fourth-order valence-electron chi connectivity index (χ4n) is 1.20. The van der Waals surface area contributed by atoms with Crippen molar-refractivity contribution in [2.45, 2.75) is 6.61 Å². The summed E-state index contributed by atoms with van der Waals surface area (Å²) in [6.45, 7) is 0.0725. The van der Waals surface area contributed by atoms with Crippen LogP contribution in [0.25, 0.3) is 5.69 Å². The number of halogens is 1. The van der Waals surface area contributed by atoms with Crippen molar-refractivity contribution in [3.63, 3.8) is 0 Å². The minimum absolute atomic E-state index is 0.0725. The highest BCUT2D eigenvalue weighted by Crippen LogP contribution is 2.13. The topological polar surface area (TPSA) is 38.0 Å². The maximum absolute atomic E-state index is 8.87. The molecule has 0 aliphatic heterocycles. The molecule has 2 rings (SSSR count). The lowest BCUT2D eigenvalue weighted by molar-refractivity contribution is 0.282. The first-order valence-electron chi connectivity index (χ1n) is 4.20. The average molecular weight is 253 g/mol. The summed E-state index contributed by atoms with van der Waals surface area (Å²) in [6.07, 6.45) is 3.62. The Labute approximate surface area is 90.1 Å². The average Bonchev–Trinajstić information content (AvgIpc) is 2.65. The van der Waals surface area contributed by atoms with E-state index in [4.69, 9.17) is 5.11 Å². The molecule has 1 aromatic carbocycles. The Balaban J connectivity index is 2.33. The van der Waals surface area contributed by atoms with E-state index in [1.54, 1.807) is 10.9 Å². The van der Waals surface area contributed by atoms with Crippen molar-refractivity contribution in [1.29, 1.82) is 0 Å². The molecule has 0 unspecified atom stereocenters. The van der Waals surface area contributed by atoms with Crippen LogP contribution >= 0.6 is 15.9 Å². The molecule has 0 fully saturated rings. The van der Waals surface area contributed by atoms with Gasteiger partial charge in [-0.15, -0.1) is 0 Å². The van der Waals surface area contributed by atoms with Crippen LogP contribution in [-0.4, -0.2) is 14.9 Å². The van der Waals surface area contributed by atoms with E-state index >= 15 is 0 Å². The monoisotopic (exact) mass is 252 g/mol. The van der Waals surface area contributed by atoms with E-state index in [0.717, 1.165) is 15.7 Å². The van der Waals surface area contributed by atoms with Gasteiger partial charge in [0.25, 0.3) is 0 Å². The van der Waals surface area contributed by atoms with Crippen molar-refractivity contribution in [1.82, 2.24) is 9.78 Å². The van der Waals surface area contributed by atoms with Crippen molar-refractivity contribution >= 4 is 15.9 Å². The van der Waals surface area contributed by atoms with E-state index in [-0.39, 0.29) is 6.61 Å². The van der Waals surface area contributed by atoms with Gasteiger partial charge in [0.05, 0.1) is 23.0 Å². The molecule has 72 valence electrons. The zero-order chi connectivity index (χ0) is 9.97. The molecule has 0 atom stereocenters. The molecule has 0 amide bonds. The maximum atomic E-state index is 8.87. The molecular formula is C10H9BrN2O. The third-order valence-electron chi connectivity index (χ3n) is 1.93. The lowest BCUT2D eigenvalue weighted by Gasteiger charge is -2.01. The van der Waals surface area contributed by atoms with Gasteiger partial charge in [-0.3, -0.25) is 0 Å². The molecule has 3 nitrogen and oxygen atoms in total. The number of hydrogen-bond donors (Lipinski definition) is 1. The molecule has 0 aliphatic rings. The Bertz CT molecular complexity index is 422. The summed E-state index contributed by atoms with van der Waals surface area (Å²) >= 11 is 3.33. The molecule has 1 heterocycles. The van der Waals surface area contributed by atoms with Gasteiger partial charge >= 0.3 is 0 Å². The molecule has 1 aromatic heterocycles. The van der Waals surface area contributed by atoms with E-state index < -0.39 is 0 Å². The minimum atomic E-state index is 0.0725. The summed E-state index contributed by atoms with van der Waals surface area (Å²) in [7, 11) is 0. The Kier molecular flexibility index (Phi) is 2.65. The number of hydrogen-bond acceptors (Lipinski definition) is 2. The highest BCUT2D eigenvalue weighted by molar-refractivity contribution is 9.10. The molecule has 0 saturated carbocycles. The van der Waals surface area contributed by atoms with Crippen LogP contribution in [0.2, 0.25) is 0 Å². The van der Waals surface area contributed by atoms with Gasteiger partial charge in [0.15, 0.2) is 0 Å². The lowest BCUT2D eigenvalue weighted by atomic mass is 10.2. The molecule has 14 heavy (non-hydrogen) atoms. The third kappa shape index (κ3) is 1.86. The Morgan fingerprint density at radius 2 is 2.00 bits per heavy atom. The molecule has 0 radical (unpaired) electrons. The van der Waals surface area contributed by atoms with Gasteiger partial charge < -0.3 is 5.11 Å². The van der Waals surface area contributed by atoms with Crippen molar-refractivity contribution in [2.75, 3.05) is 0 Å².